The van der Waals surface area contributed by atoms with Gasteiger partial charge >= 0.3 is 0 Å². The van der Waals surface area contributed by atoms with Crippen molar-refractivity contribution in [3.05, 3.63) is 35.1 Å². The number of nitrogens with two attached hydrogens (primary N) is 1. The van der Waals surface area contributed by atoms with Crippen LogP contribution in [-0.4, -0.2) is 11.8 Å². The summed E-state index contributed by atoms with van der Waals surface area (Å²) in [6, 6.07) is 4.49. The molecule has 0 radical (unpaired) electrons. The molecule has 1 saturated carbocycles. The van der Waals surface area contributed by atoms with E-state index in [9.17, 15) is 9.18 Å². The molecule has 1 unspecified atom stereocenters. The van der Waals surface area contributed by atoms with E-state index in [1.807, 2.05) is 6.92 Å². The Kier molecular flexibility index (Phi) is 3.06. The molecule has 0 heterocycles. The lowest BCUT2D eigenvalue weighted by molar-refractivity contribution is 0.0967. The predicted molar refractivity (Wildman–Crippen MR) is 60.8 cm³/mol. The minimum absolute atomic E-state index is 0.104. The van der Waals surface area contributed by atoms with E-state index in [0.29, 0.717) is 5.92 Å². The molecule has 0 bridgehead atoms. The molecule has 1 aromatic rings. The van der Waals surface area contributed by atoms with Crippen LogP contribution in [-0.2, 0) is 0 Å². The molecule has 0 aliphatic heterocycles. The van der Waals surface area contributed by atoms with E-state index in [1.54, 1.807) is 12.1 Å². The van der Waals surface area contributed by atoms with E-state index < -0.39 is 5.82 Å². The Bertz CT molecular complexity index is 412. The van der Waals surface area contributed by atoms with Crippen LogP contribution in [0.15, 0.2) is 18.2 Å². The van der Waals surface area contributed by atoms with Gasteiger partial charge in [0.2, 0.25) is 0 Å². The van der Waals surface area contributed by atoms with Crippen LogP contribution in [0.4, 0.5) is 4.39 Å². The monoisotopic (exact) mass is 221 g/mol. The highest BCUT2D eigenvalue weighted by Crippen LogP contribution is 2.33. The molecule has 1 aromatic carbocycles. The summed E-state index contributed by atoms with van der Waals surface area (Å²) in [5.41, 5.74) is 6.93. The van der Waals surface area contributed by atoms with Gasteiger partial charge in [0.05, 0.1) is 5.56 Å². The Hall–Kier alpha value is -1.22. The van der Waals surface area contributed by atoms with Gasteiger partial charge < -0.3 is 5.73 Å². The largest absolute Gasteiger partial charge is 0.327 e. The van der Waals surface area contributed by atoms with Crippen molar-refractivity contribution in [2.45, 2.75) is 32.2 Å². The number of carbonyl (C=O) groups excluding carboxylic acids is 1. The fourth-order valence-electron chi connectivity index (χ4n) is 1.87. The normalized spacial score (nSPS) is 17.2. The maximum absolute atomic E-state index is 13.4. The van der Waals surface area contributed by atoms with Crippen LogP contribution in [0.5, 0.6) is 0 Å². The van der Waals surface area contributed by atoms with Gasteiger partial charge in [-0.15, -0.1) is 0 Å². The molecule has 0 amide bonds. The van der Waals surface area contributed by atoms with Gasteiger partial charge in [-0.2, -0.15) is 0 Å². The van der Waals surface area contributed by atoms with Crippen LogP contribution in [0.1, 0.15) is 35.2 Å². The Balaban J connectivity index is 2.10. The molecule has 0 saturated heterocycles. The molecule has 0 aromatic heterocycles. The second-order valence-corrected chi connectivity index (χ2v) is 4.61. The van der Waals surface area contributed by atoms with E-state index in [2.05, 4.69) is 0 Å². The fourth-order valence-corrected chi connectivity index (χ4v) is 1.87. The molecule has 86 valence electrons. The smallest absolute Gasteiger partial charge is 0.167 e. The summed E-state index contributed by atoms with van der Waals surface area (Å²) in [7, 11) is 0. The fraction of sp³-hybridized carbons (Fsp3) is 0.462. The van der Waals surface area contributed by atoms with E-state index in [1.165, 1.54) is 6.07 Å². The van der Waals surface area contributed by atoms with Gasteiger partial charge in [0, 0.05) is 12.5 Å². The summed E-state index contributed by atoms with van der Waals surface area (Å²) >= 11 is 0. The number of hydrogen-bond donors (Lipinski definition) is 1. The number of ketones is 1. The Morgan fingerprint density at radius 3 is 2.88 bits per heavy atom. The standard InChI is InChI=1S/C13H16FNO/c1-8-2-5-11(14)10(6-8)13(16)7-12(15)9-3-4-9/h2,5-6,9,12H,3-4,7,15H2,1H3. The predicted octanol–water partition coefficient (Wildman–Crippen LogP) is 2.44. The van der Waals surface area contributed by atoms with Gasteiger partial charge in [-0.3, -0.25) is 4.79 Å². The van der Waals surface area contributed by atoms with Crippen LogP contribution in [0, 0.1) is 18.7 Å². The third kappa shape index (κ3) is 2.47. The van der Waals surface area contributed by atoms with Crippen molar-refractivity contribution in [3.63, 3.8) is 0 Å². The first-order valence-corrected chi connectivity index (χ1v) is 5.63. The van der Waals surface area contributed by atoms with E-state index in [4.69, 9.17) is 5.73 Å². The Labute approximate surface area is 94.6 Å². The number of Topliss-reactive ketones (excluding diaryl/α,β-unsaturated/α-hetero) is 1. The lowest BCUT2D eigenvalue weighted by Gasteiger charge is -2.09. The summed E-state index contributed by atoms with van der Waals surface area (Å²) in [5.74, 6) is -0.156. The third-order valence-electron chi connectivity index (χ3n) is 3.07. The Morgan fingerprint density at radius 2 is 2.25 bits per heavy atom. The second-order valence-electron chi connectivity index (χ2n) is 4.61. The molecular weight excluding hydrogens is 205 g/mol. The van der Waals surface area contributed by atoms with E-state index in [-0.39, 0.29) is 23.8 Å². The van der Waals surface area contributed by atoms with Gasteiger partial charge in [0.15, 0.2) is 5.78 Å². The van der Waals surface area contributed by atoms with E-state index >= 15 is 0 Å². The van der Waals surface area contributed by atoms with Crippen molar-refractivity contribution in [2.24, 2.45) is 11.7 Å². The van der Waals surface area contributed by atoms with Crippen molar-refractivity contribution in [1.82, 2.24) is 0 Å². The highest BCUT2D eigenvalue weighted by molar-refractivity contribution is 5.96. The van der Waals surface area contributed by atoms with Crippen LogP contribution in [0.3, 0.4) is 0 Å². The van der Waals surface area contributed by atoms with Crippen LogP contribution < -0.4 is 5.73 Å². The summed E-state index contributed by atoms with van der Waals surface area (Å²) in [5, 5.41) is 0. The summed E-state index contributed by atoms with van der Waals surface area (Å²) < 4.78 is 13.4. The molecule has 2 rings (SSSR count). The molecule has 1 aliphatic rings. The molecule has 2 nitrogen and oxygen atoms in total. The highest BCUT2D eigenvalue weighted by Gasteiger charge is 2.30. The van der Waals surface area contributed by atoms with Crippen molar-refractivity contribution in [1.29, 1.82) is 0 Å². The average Bonchev–Trinajstić information content (AvgIpc) is 3.04. The first kappa shape index (κ1) is 11.3. The van der Waals surface area contributed by atoms with Gasteiger partial charge in [0.1, 0.15) is 5.82 Å². The van der Waals surface area contributed by atoms with Gasteiger partial charge in [0.25, 0.3) is 0 Å². The molecule has 2 N–H and O–H groups in total. The van der Waals surface area contributed by atoms with Gasteiger partial charge in [-0.1, -0.05) is 11.6 Å². The minimum atomic E-state index is -0.446. The van der Waals surface area contributed by atoms with E-state index in [0.717, 1.165) is 18.4 Å². The highest BCUT2D eigenvalue weighted by atomic mass is 19.1. The number of benzene rings is 1. The van der Waals surface area contributed by atoms with Crippen molar-refractivity contribution in [2.75, 3.05) is 0 Å². The SMILES string of the molecule is Cc1ccc(F)c(C(=O)CC(N)C2CC2)c1. The number of aryl methyl sites for hydroxylation is 1. The first-order valence-electron chi connectivity index (χ1n) is 5.63. The number of halogens is 1. The van der Waals surface area contributed by atoms with Crippen molar-refractivity contribution >= 4 is 5.78 Å². The van der Waals surface area contributed by atoms with Crippen LogP contribution >= 0.6 is 0 Å². The summed E-state index contributed by atoms with van der Waals surface area (Å²) in [6.45, 7) is 1.84. The topological polar surface area (TPSA) is 43.1 Å². The summed E-state index contributed by atoms with van der Waals surface area (Å²) in [4.78, 5) is 11.8. The van der Waals surface area contributed by atoms with Crippen LogP contribution in [0.2, 0.25) is 0 Å². The zero-order valence-corrected chi connectivity index (χ0v) is 9.37. The lowest BCUT2D eigenvalue weighted by Crippen LogP contribution is -2.26. The van der Waals surface area contributed by atoms with Crippen molar-refractivity contribution in [3.8, 4) is 0 Å². The number of hydrogen-bond acceptors (Lipinski definition) is 2. The maximum atomic E-state index is 13.4. The van der Waals surface area contributed by atoms with Crippen molar-refractivity contribution < 1.29 is 9.18 Å². The van der Waals surface area contributed by atoms with Crippen LogP contribution in [0.25, 0.3) is 0 Å². The molecule has 3 heteroatoms. The summed E-state index contributed by atoms with van der Waals surface area (Å²) in [6.07, 6.45) is 2.46. The average molecular weight is 221 g/mol. The van der Waals surface area contributed by atoms with Gasteiger partial charge in [-0.25, -0.2) is 4.39 Å². The number of rotatable bonds is 4. The lowest BCUT2D eigenvalue weighted by atomic mass is 9.99. The quantitative estimate of drug-likeness (QED) is 0.793. The molecule has 0 spiro atoms. The molecule has 16 heavy (non-hydrogen) atoms. The molecule has 1 fully saturated rings. The maximum Gasteiger partial charge on any atom is 0.167 e. The van der Waals surface area contributed by atoms with Gasteiger partial charge in [-0.05, 0) is 37.8 Å². The molecule has 1 atom stereocenters. The Morgan fingerprint density at radius 1 is 1.56 bits per heavy atom. The molecular formula is C13H16FNO. The minimum Gasteiger partial charge on any atom is -0.327 e. The molecule has 1 aliphatic carbocycles. The second kappa shape index (κ2) is 4.34. The zero-order chi connectivity index (χ0) is 11.7. The first-order chi connectivity index (χ1) is 7.58. The number of carbonyl (C=O) groups is 1. The third-order valence-corrected chi connectivity index (χ3v) is 3.07. The zero-order valence-electron chi connectivity index (χ0n) is 9.37.